The molecule has 3 unspecified atom stereocenters. The zero-order valence-corrected chi connectivity index (χ0v) is 9.65. The fourth-order valence-electron chi connectivity index (χ4n) is 2.71. The molecule has 3 atom stereocenters. The molecule has 1 heterocycles. The molecule has 16 heavy (non-hydrogen) atoms. The maximum absolute atomic E-state index is 3.68. The second kappa shape index (κ2) is 4.56. The van der Waals surface area contributed by atoms with Crippen LogP contribution in [0.3, 0.4) is 0 Å². The Labute approximate surface area is 97.4 Å². The van der Waals surface area contributed by atoms with Crippen molar-refractivity contribution >= 4 is 0 Å². The lowest BCUT2D eigenvalue weighted by Gasteiger charge is -2.11. The summed E-state index contributed by atoms with van der Waals surface area (Å²) < 4.78 is 0. The van der Waals surface area contributed by atoms with E-state index in [0.29, 0.717) is 0 Å². The van der Waals surface area contributed by atoms with Crippen LogP contribution in [0.2, 0.25) is 0 Å². The predicted octanol–water partition coefficient (Wildman–Crippen LogP) is 1.88. The minimum absolute atomic E-state index is 0.719. The Morgan fingerprint density at radius 2 is 2.12 bits per heavy atom. The first-order chi connectivity index (χ1) is 7.93. The largest absolute Gasteiger partial charge is 0.313 e. The van der Waals surface area contributed by atoms with Gasteiger partial charge in [0.2, 0.25) is 0 Å². The summed E-state index contributed by atoms with van der Waals surface area (Å²) in [4.78, 5) is 0. The number of rotatable bonds is 4. The number of nitrogens with one attached hydrogen (secondary N) is 2. The van der Waals surface area contributed by atoms with Crippen molar-refractivity contribution in [2.45, 2.75) is 37.3 Å². The summed E-state index contributed by atoms with van der Waals surface area (Å²) in [6, 6.07) is 12.3. The van der Waals surface area contributed by atoms with E-state index in [4.69, 9.17) is 0 Å². The first kappa shape index (κ1) is 10.3. The lowest BCUT2D eigenvalue weighted by molar-refractivity contribution is 0.530. The topological polar surface area (TPSA) is 24.1 Å². The Balaban J connectivity index is 1.46. The van der Waals surface area contributed by atoms with E-state index in [2.05, 4.69) is 41.0 Å². The van der Waals surface area contributed by atoms with Crippen LogP contribution in [0.4, 0.5) is 0 Å². The van der Waals surface area contributed by atoms with Gasteiger partial charge < -0.3 is 10.6 Å². The van der Waals surface area contributed by atoms with Gasteiger partial charge in [-0.2, -0.15) is 0 Å². The van der Waals surface area contributed by atoms with Crippen LogP contribution in [0.15, 0.2) is 30.3 Å². The molecule has 86 valence electrons. The standard InChI is InChI=1S/C14H20N2/c1-2-5-11(6-3-1)13-9-14(13)16-10-12-7-4-8-15-12/h1-3,5-6,12-16H,4,7-10H2. The zero-order valence-electron chi connectivity index (χ0n) is 9.65. The molecule has 1 aromatic carbocycles. The highest BCUT2D eigenvalue weighted by Crippen LogP contribution is 2.40. The van der Waals surface area contributed by atoms with Gasteiger partial charge in [-0.05, 0) is 31.4 Å². The van der Waals surface area contributed by atoms with Gasteiger partial charge >= 0.3 is 0 Å². The van der Waals surface area contributed by atoms with Crippen molar-refractivity contribution < 1.29 is 0 Å². The maximum Gasteiger partial charge on any atom is 0.0193 e. The second-order valence-corrected chi connectivity index (χ2v) is 5.06. The quantitative estimate of drug-likeness (QED) is 0.803. The molecule has 1 saturated heterocycles. The first-order valence-electron chi connectivity index (χ1n) is 6.45. The Morgan fingerprint density at radius 3 is 2.88 bits per heavy atom. The summed E-state index contributed by atoms with van der Waals surface area (Å²) in [6.07, 6.45) is 4.01. The van der Waals surface area contributed by atoms with Crippen LogP contribution in [0.1, 0.15) is 30.7 Å². The van der Waals surface area contributed by atoms with E-state index in [1.807, 2.05) is 0 Å². The molecule has 3 rings (SSSR count). The second-order valence-electron chi connectivity index (χ2n) is 5.06. The molecule has 2 nitrogen and oxygen atoms in total. The van der Waals surface area contributed by atoms with Gasteiger partial charge in [0.25, 0.3) is 0 Å². The highest BCUT2D eigenvalue weighted by Gasteiger charge is 2.37. The van der Waals surface area contributed by atoms with Crippen LogP contribution >= 0.6 is 0 Å². The third-order valence-electron chi connectivity index (χ3n) is 3.81. The summed E-state index contributed by atoms with van der Waals surface area (Å²) in [5.41, 5.74) is 1.50. The average molecular weight is 216 g/mol. The Morgan fingerprint density at radius 1 is 1.25 bits per heavy atom. The molecule has 0 amide bonds. The molecule has 0 aromatic heterocycles. The molecular formula is C14H20N2. The average Bonchev–Trinajstić information content (AvgIpc) is 2.93. The normalized spacial score (nSPS) is 32.9. The summed E-state index contributed by atoms with van der Waals surface area (Å²) in [6.45, 7) is 2.35. The molecule has 1 aliphatic carbocycles. The van der Waals surface area contributed by atoms with E-state index >= 15 is 0 Å². The summed E-state index contributed by atoms with van der Waals surface area (Å²) >= 11 is 0. The minimum Gasteiger partial charge on any atom is -0.313 e. The van der Waals surface area contributed by atoms with Crippen molar-refractivity contribution in [2.75, 3.05) is 13.1 Å². The van der Waals surface area contributed by atoms with Crippen LogP contribution in [0, 0.1) is 0 Å². The predicted molar refractivity (Wildman–Crippen MR) is 66.6 cm³/mol. The molecule has 2 heteroatoms. The molecule has 2 fully saturated rings. The molecule has 1 aromatic rings. The lowest BCUT2D eigenvalue weighted by atomic mass is 10.1. The van der Waals surface area contributed by atoms with Gasteiger partial charge in [0, 0.05) is 24.5 Å². The number of hydrogen-bond donors (Lipinski definition) is 2. The third kappa shape index (κ3) is 2.28. The summed E-state index contributed by atoms with van der Waals surface area (Å²) in [5, 5.41) is 7.22. The van der Waals surface area contributed by atoms with Crippen LogP contribution in [-0.4, -0.2) is 25.2 Å². The van der Waals surface area contributed by atoms with E-state index in [0.717, 1.165) is 24.5 Å². The highest BCUT2D eigenvalue weighted by atomic mass is 15.0. The van der Waals surface area contributed by atoms with Crippen LogP contribution in [0.5, 0.6) is 0 Å². The molecule has 1 saturated carbocycles. The van der Waals surface area contributed by atoms with Crippen molar-refractivity contribution in [3.63, 3.8) is 0 Å². The van der Waals surface area contributed by atoms with Crippen LogP contribution < -0.4 is 10.6 Å². The Kier molecular flexibility index (Phi) is 2.94. The molecule has 0 spiro atoms. The van der Waals surface area contributed by atoms with E-state index < -0.39 is 0 Å². The van der Waals surface area contributed by atoms with Gasteiger partial charge in [-0.3, -0.25) is 0 Å². The number of benzene rings is 1. The molecule has 2 aliphatic rings. The van der Waals surface area contributed by atoms with Crippen molar-refractivity contribution in [2.24, 2.45) is 0 Å². The molecule has 2 N–H and O–H groups in total. The summed E-state index contributed by atoms with van der Waals surface area (Å²) in [7, 11) is 0. The molecule has 1 aliphatic heterocycles. The fourth-order valence-corrected chi connectivity index (χ4v) is 2.71. The van der Waals surface area contributed by atoms with Crippen molar-refractivity contribution in [3.05, 3.63) is 35.9 Å². The fraction of sp³-hybridized carbons (Fsp3) is 0.571. The van der Waals surface area contributed by atoms with Crippen molar-refractivity contribution in [1.82, 2.24) is 10.6 Å². The van der Waals surface area contributed by atoms with Gasteiger partial charge in [0.15, 0.2) is 0 Å². The monoisotopic (exact) mass is 216 g/mol. The van der Waals surface area contributed by atoms with Crippen LogP contribution in [0.25, 0.3) is 0 Å². The smallest absolute Gasteiger partial charge is 0.0193 e. The third-order valence-corrected chi connectivity index (χ3v) is 3.81. The van der Waals surface area contributed by atoms with Crippen molar-refractivity contribution in [1.29, 1.82) is 0 Å². The van der Waals surface area contributed by atoms with E-state index in [9.17, 15) is 0 Å². The van der Waals surface area contributed by atoms with E-state index in [-0.39, 0.29) is 0 Å². The number of hydrogen-bond acceptors (Lipinski definition) is 2. The molecule has 0 bridgehead atoms. The molecular weight excluding hydrogens is 196 g/mol. The zero-order chi connectivity index (χ0) is 10.8. The van der Waals surface area contributed by atoms with Gasteiger partial charge in [-0.1, -0.05) is 30.3 Å². The van der Waals surface area contributed by atoms with Gasteiger partial charge in [-0.15, -0.1) is 0 Å². The van der Waals surface area contributed by atoms with Crippen molar-refractivity contribution in [3.8, 4) is 0 Å². The highest BCUT2D eigenvalue weighted by molar-refractivity contribution is 5.27. The van der Waals surface area contributed by atoms with Gasteiger partial charge in [-0.25, -0.2) is 0 Å². The Hall–Kier alpha value is -0.860. The van der Waals surface area contributed by atoms with E-state index in [1.54, 1.807) is 0 Å². The first-order valence-corrected chi connectivity index (χ1v) is 6.45. The van der Waals surface area contributed by atoms with E-state index in [1.165, 1.54) is 31.4 Å². The Bertz CT molecular complexity index is 330. The minimum atomic E-state index is 0.719. The van der Waals surface area contributed by atoms with Crippen LogP contribution in [-0.2, 0) is 0 Å². The SMILES string of the molecule is c1ccc(C2CC2NCC2CCCN2)cc1. The maximum atomic E-state index is 3.68. The summed E-state index contributed by atoms with van der Waals surface area (Å²) in [5.74, 6) is 0.766. The molecule has 0 radical (unpaired) electrons. The van der Waals surface area contributed by atoms with Gasteiger partial charge in [0.05, 0.1) is 0 Å². The van der Waals surface area contributed by atoms with Gasteiger partial charge in [0.1, 0.15) is 0 Å². The lowest BCUT2D eigenvalue weighted by Crippen LogP contribution is -2.35.